The van der Waals surface area contributed by atoms with Crippen molar-refractivity contribution in [2.45, 2.75) is 44.4 Å². The highest BCUT2D eigenvalue weighted by molar-refractivity contribution is 5.67. The first kappa shape index (κ1) is 21.5. The summed E-state index contributed by atoms with van der Waals surface area (Å²) in [6, 6.07) is 23.5. The molecule has 0 aliphatic heterocycles. The van der Waals surface area contributed by atoms with Crippen LogP contribution in [0, 0.1) is 0 Å². The Morgan fingerprint density at radius 1 is 0.933 bits per heavy atom. The standard InChI is InChI=1S/C25H28N2O3/c28-24(14-13-20-8-3-1-4-9-20)17-23(16-21-10-5-2-6-11-21)27-25(29)30-19-22-12-7-15-26-18-22/h1-12,15,18,23-24,28H,13-14,16-17,19H2,(H,27,29)/t23-,24+/m0/s1. The van der Waals surface area contributed by atoms with Gasteiger partial charge in [-0.2, -0.15) is 0 Å². The molecule has 0 fully saturated rings. The lowest BCUT2D eigenvalue weighted by Crippen LogP contribution is -2.39. The van der Waals surface area contributed by atoms with Crippen LogP contribution >= 0.6 is 0 Å². The maximum absolute atomic E-state index is 12.3. The third kappa shape index (κ3) is 7.68. The van der Waals surface area contributed by atoms with Crippen LogP contribution in [0.25, 0.3) is 0 Å². The van der Waals surface area contributed by atoms with E-state index in [1.54, 1.807) is 18.5 Å². The summed E-state index contributed by atoms with van der Waals surface area (Å²) in [6.45, 7) is 0.161. The van der Waals surface area contributed by atoms with E-state index in [4.69, 9.17) is 4.74 Å². The second-order valence-electron chi connectivity index (χ2n) is 7.38. The lowest BCUT2D eigenvalue weighted by atomic mass is 9.97. The summed E-state index contributed by atoms with van der Waals surface area (Å²) >= 11 is 0. The number of nitrogens with zero attached hydrogens (tertiary/aromatic N) is 1. The molecule has 2 N–H and O–H groups in total. The SMILES string of the molecule is O=C(N[C@@H](Cc1ccccc1)C[C@H](O)CCc1ccccc1)OCc1cccnc1. The summed E-state index contributed by atoms with van der Waals surface area (Å²) in [7, 11) is 0. The number of hydrogen-bond acceptors (Lipinski definition) is 4. The third-order valence-corrected chi connectivity index (χ3v) is 4.91. The normalized spacial score (nSPS) is 12.7. The number of carbonyl (C=O) groups is 1. The van der Waals surface area contributed by atoms with E-state index in [2.05, 4.69) is 22.4 Å². The summed E-state index contributed by atoms with van der Waals surface area (Å²) in [5, 5.41) is 13.5. The molecule has 1 aromatic heterocycles. The van der Waals surface area contributed by atoms with Crippen molar-refractivity contribution in [3.63, 3.8) is 0 Å². The lowest BCUT2D eigenvalue weighted by Gasteiger charge is -2.22. The summed E-state index contributed by atoms with van der Waals surface area (Å²) in [4.78, 5) is 16.4. The van der Waals surface area contributed by atoms with Crippen molar-refractivity contribution in [2.75, 3.05) is 0 Å². The van der Waals surface area contributed by atoms with Crippen LogP contribution in [0.3, 0.4) is 0 Å². The van der Waals surface area contributed by atoms with Crippen LogP contribution in [0.2, 0.25) is 0 Å². The molecule has 5 nitrogen and oxygen atoms in total. The number of hydrogen-bond donors (Lipinski definition) is 2. The first-order valence-electron chi connectivity index (χ1n) is 10.3. The van der Waals surface area contributed by atoms with Crippen molar-refractivity contribution in [3.05, 3.63) is 102 Å². The number of pyridine rings is 1. The highest BCUT2D eigenvalue weighted by atomic mass is 16.5. The average Bonchev–Trinajstić information content (AvgIpc) is 2.78. The zero-order valence-electron chi connectivity index (χ0n) is 17.0. The number of aromatic nitrogens is 1. The highest BCUT2D eigenvalue weighted by Crippen LogP contribution is 2.13. The fourth-order valence-corrected chi connectivity index (χ4v) is 3.36. The molecule has 0 spiro atoms. The van der Waals surface area contributed by atoms with Gasteiger partial charge in [0.25, 0.3) is 0 Å². The Kier molecular flexibility index (Phi) is 8.42. The molecule has 0 unspecified atom stereocenters. The largest absolute Gasteiger partial charge is 0.445 e. The van der Waals surface area contributed by atoms with E-state index in [9.17, 15) is 9.90 Å². The van der Waals surface area contributed by atoms with Crippen LogP contribution in [-0.2, 0) is 24.2 Å². The van der Waals surface area contributed by atoms with Gasteiger partial charge in [-0.3, -0.25) is 4.98 Å². The molecule has 1 heterocycles. The molecule has 1 amide bonds. The number of carbonyl (C=O) groups excluding carboxylic acids is 1. The molecule has 3 rings (SSSR count). The van der Waals surface area contributed by atoms with Crippen molar-refractivity contribution >= 4 is 6.09 Å². The minimum atomic E-state index is -0.516. The molecule has 2 atom stereocenters. The molecule has 0 aliphatic carbocycles. The minimum Gasteiger partial charge on any atom is -0.445 e. The Morgan fingerprint density at radius 2 is 1.60 bits per heavy atom. The van der Waals surface area contributed by atoms with Gasteiger partial charge >= 0.3 is 6.09 Å². The number of aliphatic hydroxyl groups is 1. The topological polar surface area (TPSA) is 71.5 Å². The highest BCUT2D eigenvalue weighted by Gasteiger charge is 2.18. The Balaban J connectivity index is 1.54. The molecule has 30 heavy (non-hydrogen) atoms. The van der Waals surface area contributed by atoms with Crippen molar-refractivity contribution in [1.82, 2.24) is 10.3 Å². The third-order valence-electron chi connectivity index (χ3n) is 4.91. The van der Waals surface area contributed by atoms with E-state index in [-0.39, 0.29) is 12.6 Å². The second-order valence-corrected chi connectivity index (χ2v) is 7.38. The zero-order valence-corrected chi connectivity index (χ0v) is 17.0. The van der Waals surface area contributed by atoms with E-state index in [1.807, 2.05) is 54.6 Å². The number of nitrogens with one attached hydrogen (secondary N) is 1. The monoisotopic (exact) mass is 404 g/mol. The molecule has 2 aromatic carbocycles. The number of aryl methyl sites for hydroxylation is 1. The van der Waals surface area contributed by atoms with Crippen LogP contribution in [0.5, 0.6) is 0 Å². The fourth-order valence-electron chi connectivity index (χ4n) is 3.36. The molecular weight excluding hydrogens is 376 g/mol. The van der Waals surface area contributed by atoms with Gasteiger partial charge in [-0.15, -0.1) is 0 Å². The van der Waals surface area contributed by atoms with Crippen LogP contribution < -0.4 is 5.32 Å². The number of ether oxygens (including phenoxy) is 1. The van der Waals surface area contributed by atoms with Gasteiger partial charge in [-0.05, 0) is 42.9 Å². The Morgan fingerprint density at radius 3 is 2.27 bits per heavy atom. The van der Waals surface area contributed by atoms with E-state index >= 15 is 0 Å². The molecule has 0 bridgehead atoms. The number of benzene rings is 2. The number of amides is 1. The van der Waals surface area contributed by atoms with Gasteiger partial charge in [0.1, 0.15) is 6.61 Å². The van der Waals surface area contributed by atoms with E-state index in [1.165, 1.54) is 5.56 Å². The summed E-state index contributed by atoms with van der Waals surface area (Å²) in [5.41, 5.74) is 3.13. The van der Waals surface area contributed by atoms with Gasteiger partial charge in [-0.1, -0.05) is 66.7 Å². The van der Waals surface area contributed by atoms with Gasteiger partial charge in [0.15, 0.2) is 0 Å². The van der Waals surface area contributed by atoms with Crippen LogP contribution in [0.4, 0.5) is 4.79 Å². The van der Waals surface area contributed by atoms with E-state index in [0.29, 0.717) is 19.3 Å². The minimum absolute atomic E-state index is 0.161. The van der Waals surface area contributed by atoms with Crippen molar-refractivity contribution < 1.29 is 14.6 Å². The molecule has 0 aliphatic rings. The van der Waals surface area contributed by atoms with Gasteiger partial charge in [0, 0.05) is 24.0 Å². The van der Waals surface area contributed by atoms with Crippen molar-refractivity contribution in [1.29, 1.82) is 0 Å². The summed E-state index contributed by atoms with van der Waals surface area (Å²) < 4.78 is 5.34. The fraction of sp³-hybridized carbons (Fsp3) is 0.280. The predicted molar refractivity (Wildman–Crippen MR) is 117 cm³/mol. The quantitative estimate of drug-likeness (QED) is 0.528. The van der Waals surface area contributed by atoms with E-state index < -0.39 is 12.2 Å². The molecule has 0 radical (unpaired) electrons. The zero-order chi connectivity index (χ0) is 21.0. The smallest absolute Gasteiger partial charge is 0.407 e. The maximum Gasteiger partial charge on any atom is 0.407 e. The Hall–Kier alpha value is -3.18. The predicted octanol–water partition coefficient (Wildman–Crippen LogP) is 4.30. The summed E-state index contributed by atoms with van der Waals surface area (Å²) in [5.74, 6) is 0. The number of rotatable bonds is 10. The molecule has 0 saturated heterocycles. The first-order chi connectivity index (χ1) is 14.7. The van der Waals surface area contributed by atoms with Gasteiger partial charge in [-0.25, -0.2) is 4.79 Å². The number of aliphatic hydroxyl groups excluding tert-OH is 1. The number of alkyl carbamates (subject to hydrolysis) is 1. The molecule has 0 saturated carbocycles. The average molecular weight is 405 g/mol. The lowest BCUT2D eigenvalue weighted by molar-refractivity contribution is 0.119. The molecule has 3 aromatic rings. The maximum atomic E-state index is 12.3. The van der Waals surface area contributed by atoms with E-state index in [0.717, 1.165) is 17.5 Å². The van der Waals surface area contributed by atoms with Gasteiger partial charge < -0.3 is 15.2 Å². The van der Waals surface area contributed by atoms with Crippen molar-refractivity contribution in [2.24, 2.45) is 0 Å². The van der Waals surface area contributed by atoms with Crippen LogP contribution in [0.15, 0.2) is 85.2 Å². The van der Waals surface area contributed by atoms with Crippen LogP contribution in [-0.4, -0.2) is 28.3 Å². The Labute approximate surface area is 177 Å². The molecule has 156 valence electrons. The second kappa shape index (κ2) is 11.7. The van der Waals surface area contributed by atoms with Crippen LogP contribution in [0.1, 0.15) is 29.5 Å². The van der Waals surface area contributed by atoms with Crippen molar-refractivity contribution in [3.8, 4) is 0 Å². The first-order valence-corrected chi connectivity index (χ1v) is 10.3. The molecular formula is C25H28N2O3. The Bertz CT molecular complexity index is 873. The van der Waals surface area contributed by atoms with Gasteiger partial charge in [0.05, 0.1) is 6.10 Å². The van der Waals surface area contributed by atoms with Gasteiger partial charge in [0.2, 0.25) is 0 Å². The summed E-state index contributed by atoms with van der Waals surface area (Å²) in [6.07, 6.45) is 4.87. The molecule has 5 heteroatoms.